The van der Waals surface area contributed by atoms with Gasteiger partial charge in [0.1, 0.15) is 18.9 Å². The summed E-state index contributed by atoms with van der Waals surface area (Å²) in [4.78, 5) is 16.5. The molecule has 0 aliphatic carbocycles. The number of para-hydroxylation sites is 2. The van der Waals surface area contributed by atoms with Gasteiger partial charge < -0.3 is 4.74 Å². The van der Waals surface area contributed by atoms with Crippen LogP contribution in [0.1, 0.15) is 11.6 Å². The Morgan fingerprint density at radius 2 is 1.63 bits per heavy atom. The van der Waals surface area contributed by atoms with Crippen molar-refractivity contribution in [1.82, 2.24) is 20.2 Å². The lowest BCUT2D eigenvalue weighted by atomic mass is 10.0. The van der Waals surface area contributed by atoms with E-state index in [4.69, 9.17) is 4.74 Å². The van der Waals surface area contributed by atoms with Crippen molar-refractivity contribution < 1.29 is 9.53 Å². The normalized spacial score (nSPS) is 15.3. The van der Waals surface area contributed by atoms with Crippen molar-refractivity contribution in [2.75, 3.05) is 11.5 Å². The average molecular weight is 397 g/mol. The molecule has 1 aromatic heterocycles. The minimum atomic E-state index is -0.231. The molecule has 0 fully saturated rings. The highest BCUT2D eigenvalue weighted by Gasteiger charge is 2.33. The SMILES string of the molecule is O=C(Cn1nnc(-c2ccccc2)n1)N1c2ccccc2OCC1c1ccccc1. The molecule has 1 aliphatic heterocycles. The summed E-state index contributed by atoms with van der Waals surface area (Å²) < 4.78 is 5.94. The van der Waals surface area contributed by atoms with Crippen LogP contribution in [0, 0.1) is 0 Å². The minimum Gasteiger partial charge on any atom is -0.489 e. The third kappa shape index (κ3) is 3.41. The summed E-state index contributed by atoms with van der Waals surface area (Å²) in [5.74, 6) is 1.05. The highest BCUT2D eigenvalue weighted by molar-refractivity contribution is 5.96. The summed E-state index contributed by atoms with van der Waals surface area (Å²) in [5.41, 5.74) is 2.61. The zero-order valence-electron chi connectivity index (χ0n) is 16.1. The lowest BCUT2D eigenvalue weighted by Gasteiger charge is -2.37. The largest absolute Gasteiger partial charge is 0.489 e. The zero-order valence-corrected chi connectivity index (χ0v) is 16.1. The van der Waals surface area contributed by atoms with E-state index in [1.807, 2.05) is 84.9 Å². The number of nitrogens with zero attached hydrogens (tertiary/aromatic N) is 5. The summed E-state index contributed by atoms with van der Waals surface area (Å²) >= 11 is 0. The number of aromatic nitrogens is 4. The van der Waals surface area contributed by atoms with E-state index in [9.17, 15) is 4.79 Å². The number of benzene rings is 3. The molecule has 0 spiro atoms. The van der Waals surface area contributed by atoms with Gasteiger partial charge in [-0.15, -0.1) is 10.2 Å². The molecule has 0 saturated carbocycles. The van der Waals surface area contributed by atoms with Gasteiger partial charge in [-0.1, -0.05) is 72.8 Å². The lowest BCUT2D eigenvalue weighted by Crippen LogP contribution is -2.43. The van der Waals surface area contributed by atoms with Crippen LogP contribution in [-0.4, -0.2) is 32.7 Å². The molecule has 1 aliphatic rings. The third-order valence-electron chi connectivity index (χ3n) is 5.05. The monoisotopic (exact) mass is 397 g/mol. The second-order valence-electron chi connectivity index (χ2n) is 6.98. The van der Waals surface area contributed by atoms with Gasteiger partial charge >= 0.3 is 0 Å². The van der Waals surface area contributed by atoms with Crippen molar-refractivity contribution in [2.24, 2.45) is 0 Å². The highest BCUT2D eigenvalue weighted by Crippen LogP contribution is 2.39. The van der Waals surface area contributed by atoms with Crippen LogP contribution in [0.4, 0.5) is 5.69 Å². The number of amides is 1. The molecule has 1 unspecified atom stereocenters. The van der Waals surface area contributed by atoms with Gasteiger partial charge in [-0.25, -0.2) is 0 Å². The summed E-state index contributed by atoms with van der Waals surface area (Å²) in [5, 5.41) is 12.6. The van der Waals surface area contributed by atoms with Gasteiger partial charge in [-0.2, -0.15) is 4.80 Å². The molecule has 30 heavy (non-hydrogen) atoms. The molecule has 0 radical (unpaired) electrons. The van der Waals surface area contributed by atoms with Crippen LogP contribution < -0.4 is 9.64 Å². The zero-order chi connectivity index (χ0) is 20.3. The maximum Gasteiger partial charge on any atom is 0.251 e. The van der Waals surface area contributed by atoms with Gasteiger partial charge in [0.2, 0.25) is 5.82 Å². The number of anilines is 1. The van der Waals surface area contributed by atoms with E-state index in [1.165, 1.54) is 4.80 Å². The first-order chi connectivity index (χ1) is 14.8. The van der Waals surface area contributed by atoms with Gasteiger partial charge in [-0.05, 0) is 22.9 Å². The standard InChI is InChI=1S/C23H19N5O2/c29-22(15-27-25-23(24-26-27)18-11-5-2-6-12-18)28-19-13-7-8-14-21(19)30-16-20(28)17-9-3-1-4-10-17/h1-14,20H,15-16H2. The molecule has 3 aromatic carbocycles. The fourth-order valence-corrected chi connectivity index (χ4v) is 3.63. The first kappa shape index (κ1) is 18.1. The summed E-state index contributed by atoms with van der Waals surface area (Å²) in [6.07, 6.45) is 0. The molecular formula is C23H19N5O2. The number of hydrogen-bond acceptors (Lipinski definition) is 5. The molecule has 1 atom stereocenters. The Hall–Kier alpha value is -4.00. The van der Waals surface area contributed by atoms with Crippen LogP contribution in [0.2, 0.25) is 0 Å². The molecule has 0 bridgehead atoms. The molecule has 1 amide bonds. The summed E-state index contributed by atoms with van der Waals surface area (Å²) in [6, 6.07) is 26.8. The topological polar surface area (TPSA) is 73.1 Å². The van der Waals surface area contributed by atoms with Gasteiger partial charge in [0.05, 0.1) is 11.7 Å². The average Bonchev–Trinajstić information content (AvgIpc) is 3.28. The van der Waals surface area contributed by atoms with E-state index in [0.29, 0.717) is 18.2 Å². The highest BCUT2D eigenvalue weighted by atomic mass is 16.5. The number of fused-ring (bicyclic) bond motifs is 1. The van der Waals surface area contributed by atoms with Crippen molar-refractivity contribution in [3.05, 3.63) is 90.5 Å². The molecule has 7 heteroatoms. The van der Waals surface area contributed by atoms with Crippen LogP contribution in [0.5, 0.6) is 5.75 Å². The van der Waals surface area contributed by atoms with Crippen molar-refractivity contribution in [1.29, 1.82) is 0 Å². The number of carbonyl (C=O) groups excluding carboxylic acids is 1. The predicted octanol–water partition coefficient (Wildman–Crippen LogP) is 3.51. The van der Waals surface area contributed by atoms with E-state index in [1.54, 1.807) is 4.90 Å². The maximum absolute atomic E-state index is 13.4. The van der Waals surface area contributed by atoms with Crippen LogP contribution >= 0.6 is 0 Å². The second kappa shape index (κ2) is 7.79. The van der Waals surface area contributed by atoms with Crippen LogP contribution in [0.25, 0.3) is 11.4 Å². The fourth-order valence-electron chi connectivity index (χ4n) is 3.63. The van der Waals surface area contributed by atoms with Crippen molar-refractivity contribution in [2.45, 2.75) is 12.6 Å². The molecule has 148 valence electrons. The number of carbonyl (C=O) groups is 1. The lowest BCUT2D eigenvalue weighted by molar-refractivity contribution is -0.120. The Morgan fingerprint density at radius 1 is 0.933 bits per heavy atom. The first-order valence-corrected chi connectivity index (χ1v) is 9.71. The second-order valence-corrected chi connectivity index (χ2v) is 6.98. The van der Waals surface area contributed by atoms with Gasteiger partial charge in [0, 0.05) is 5.56 Å². The van der Waals surface area contributed by atoms with Crippen molar-refractivity contribution in [3.63, 3.8) is 0 Å². The van der Waals surface area contributed by atoms with Crippen LogP contribution in [0.15, 0.2) is 84.9 Å². The Balaban J connectivity index is 1.45. The minimum absolute atomic E-state index is 0.0164. The maximum atomic E-state index is 13.4. The van der Waals surface area contributed by atoms with Crippen LogP contribution in [-0.2, 0) is 11.3 Å². The van der Waals surface area contributed by atoms with Crippen LogP contribution in [0.3, 0.4) is 0 Å². The van der Waals surface area contributed by atoms with E-state index in [-0.39, 0.29) is 18.5 Å². The molecule has 0 N–H and O–H groups in total. The summed E-state index contributed by atoms with van der Waals surface area (Å²) in [7, 11) is 0. The molecule has 0 saturated heterocycles. The van der Waals surface area contributed by atoms with Crippen molar-refractivity contribution in [3.8, 4) is 17.1 Å². The number of rotatable bonds is 4. The smallest absolute Gasteiger partial charge is 0.251 e. The number of tetrazole rings is 1. The quantitative estimate of drug-likeness (QED) is 0.527. The molecular weight excluding hydrogens is 378 g/mol. The van der Waals surface area contributed by atoms with Gasteiger partial charge in [0.25, 0.3) is 5.91 Å². The number of ether oxygens (including phenoxy) is 1. The third-order valence-corrected chi connectivity index (χ3v) is 5.05. The molecule has 2 heterocycles. The fraction of sp³-hybridized carbons (Fsp3) is 0.130. The van der Waals surface area contributed by atoms with E-state index < -0.39 is 0 Å². The Labute approximate surface area is 173 Å². The number of hydrogen-bond donors (Lipinski definition) is 0. The first-order valence-electron chi connectivity index (χ1n) is 9.71. The predicted molar refractivity (Wildman–Crippen MR) is 112 cm³/mol. The molecule has 4 aromatic rings. The van der Waals surface area contributed by atoms with E-state index in [2.05, 4.69) is 15.4 Å². The summed E-state index contributed by atoms with van der Waals surface area (Å²) in [6.45, 7) is 0.365. The molecule has 7 nitrogen and oxygen atoms in total. The van der Waals surface area contributed by atoms with Gasteiger partial charge in [0.15, 0.2) is 0 Å². The Bertz CT molecular complexity index is 1160. The Morgan fingerprint density at radius 3 is 2.43 bits per heavy atom. The van der Waals surface area contributed by atoms with Gasteiger partial charge in [-0.3, -0.25) is 9.69 Å². The van der Waals surface area contributed by atoms with Crippen molar-refractivity contribution >= 4 is 11.6 Å². The van der Waals surface area contributed by atoms with E-state index >= 15 is 0 Å². The Kier molecular flexibility index (Phi) is 4.69. The van der Waals surface area contributed by atoms with E-state index in [0.717, 1.165) is 16.8 Å². The molecule has 5 rings (SSSR count).